The number of nitrogens with zero attached hydrogens (tertiary/aromatic N) is 1. The van der Waals surface area contributed by atoms with E-state index >= 15 is 0 Å². The van der Waals surface area contributed by atoms with Crippen molar-refractivity contribution < 1.29 is 9.60 Å². The Labute approximate surface area is 135 Å². The van der Waals surface area contributed by atoms with Crippen LogP contribution in [0.2, 0.25) is 0 Å². The number of rotatable bonds is 7. The molecule has 0 aliphatic rings. The molecule has 0 saturated heterocycles. The maximum atomic E-state index is 13.7. The zero-order valence-corrected chi connectivity index (χ0v) is 13.1. The number of halogens is 1. The van der Waals surface area contributed by atoms with Crippen molar-refractivity contribution in [2.24, 2.45) is 0 Å². The van der Waals surface area contributed by atoms with Gasteiger partial charge in [0.15, 0.2) is 0 Å². The topological polar surface area (TPSA) is 69.2 Å². The summed E-state index contributed by atoms with van der Waals surface area (Å²) in [5.74, 6) is -0.333. The van der Waals surface area contributed by atoms with Crippen molar-refractivity contribution in [2.75, 3.05) is 7.05 Å². The second-order valence-electron chi connectivity index (χ2n) is 5.14. The van der Waals surface area contributed by atoms with E-state index in [2.05, 4.69) is 21.1 Å². The van der Waals surface area contributed by atoms with Crippen LogP contribution in [0, 0.1) is 5.82 Å². The molecule has 0 radical (unpaired) electrons. The number of hydrogen-bond acceptors (Lipinski definition) is 5. The van der Waals surface area contributed by atoms with Crippen molar-refractivity contribution in [3.8, 4) is 11.3 Å². The molecule has 1 heterocycles. The lowest BCUT2D eigenvalue weighted by atomic mass is 10.1. The Morgan fingerprint density at radius 1 is 1.22 bits per heavy atom. The van der Waals surface area contributed by atoms with E-state index in [4.69, 9.17) is 5.21 Å². The molecule has 0 aliphatic heterocycles. The summed E-state index contributed by atoms with van der Waals surface area (Å²) in [7, 11) is 1.76. The van der Waals surface area contributed by atoms with Crippen LogP contribution in [0.5, 0.6) is 0 Å². The number of nitrogens with one attached hydrogen (secondary N) is 3. The summed E-state index contributed by atoms with van der Waals surface area (Å²) < 4.78 is 13.7. The average Bonchev–Trinajstić information content (AvgIpc) is 2.57. The summed E-state index contributed by atoms with van der Waals surface area (Å²) in [6.45, 7) is 1.93. The number of hydrogen-bond donors (Lipinski definition) is 4. The predicted octanol–water partition coefficient (Wildman–Crippen LogP) is 2.36. The van der Waals surface area contributed by atoms with Gasteiger partial charge < -0.3 is 15.8 Å². The normalized spacial score (nSPS) is 13.9. The summed E-state index contributed by atoms with van der Waals surface area (Å²) in [5.41, 5.74) is 4.24. The van der Waals surface area contributed by atoms with E-state index in [0.717, 1.165) is 11.1 Å². The number of likely N-dealkylation sites (N-methyl/N-ethyl adjacent to an activating group) is 1. The number of benzene rings is 1. The van der Waals surface area contributed by atoms with Crippen LogP contribution >= 0.6 is 0 Å². The van der Waals surface area contributed by atoms with E-state index in [0.29, 0.717) is 5.69 Å². The van der Waals surface area contributed by atoms with E-state index in [-0.39, 0.29) is 18.0 Å². The molecule has 4 N–H and O–H groups in total. The van der Waals surface area contributed by atoms with Crippen LogP contribution in [0.1, 0.15) is 12.5 Å². The fourth-order valence-electron chi connectivity index (χ4n) is 2.17. The van der Waals surface area contributed by atoms with Crippen molar-refractivity contribution in [2.45, 2.75) is 19.1 Å². The van der Waals surface area contributed by atoms with Gasteiger partial charge in [-0.15, -0.1) is 0 Å². The van der Waals surface area contributed by atoms with Gasteiger partial charge in [-0.2, -0.15) is 5.48 Å². The number of hydroxylamine groups is 1. The summed E-state index contributed by atoms with van der Waals surface area (Å²) in [6.07, 6.45) is 5.03. The average molecular weight is 316 g/mol. The monoisotopic (exact) mass is 316 g/mol. The highest BCUT2D eigenvalue weighted by molar-refractivity contribution is 5.62. The summed E-state index contributed by atoms with van der Waals surface area (Å²) >= 11 is 0. The SMILES string of the molecule is CNC(NO)C(C)NC=Cc1ccc(-c2ncccc2F)cc1. The fraction of sp³-hybridized carbons (Fsp3) is 0.235. The van der Waals surface area contributed by atoms with Crippen LogP contribution in [0.25, 0.3) is 17.3 Å². The van der Waals surface area contributed by atoms with Gasteiger partial charge in [-0.3, -0.25) is 4.98 Å². The third-order valence-corrected chi connectivity index (χ3v) is 3.53. The Balaban J connectivity index is 2.00. The zero-order valence-electron chi connectivity index (χ0n) is 13.1. The molecule has 0 aliphatic carbocycles. The van der Waals surface area contributed by atoms with Gasteiger partial charge in [0.2, 0.25) is 0 Å². The predicted molar refractivity (Wildman–Crippen MR) is 89.0 cm³/mol. The van der Waals surface area contributed by atoms with Crippen molar-refractivity contribution in [3.63, 3.8) is 0 Å². The smallest absolute Gasteiger partial charge is 0.149 e. The Hall–Kier alpha value is -2.28. The molecular weight excluding hydrogens is 295 g/mol. The molecule has 23 heavy (non-hydrogen) atoms. The van der Waals surface area contributed by atoms with Crippen molar-refractivity contribution in [1.29, 1.82) is 0 Å². The van der Waals surface area contributed by atoms with E-state index in [9.17, 15) is 4.39 Å². The maximum absolute atomic E-state index is 13.7. The highest BCUT2D eigenvalue weighted by Gasteiger charge is 2.11. The minimum absolute atomic E-state index is 0.0110. The summed E-state index contributed by atoms with van der Waals surface area (Å²) in [4.78, 5) is 4.06. The molecular formula is C17H21FN4O. The lowest BCUT2D eigenvalue weighted by molar-refractivity contribution is 0.0993. The van der Waals surface area contributed by atoms with Crippen LogP contribution in [0.4, 0.5) is 4.39 Å². The van der Waals surface area contributed by atoms with Gasteiger partial charge in [-0.25, -0.2) is 4.39 Å². The van der Waals surface area contributed by atoms with Crippen LogP contribution in [-0.2, 0) is 0 Å². The molecule has 5 nitrogen and oxygen atoms in total. The molecule has 122 valence electrons. The number of aromatic nitrogens is 1. The first-order chi connectivity index (χ1) is 11.2. The molecule has 1 aromatic heterocycles. The fourth-order valence-corrected chi connectivity index (χ4v) is 2.17. The minimum atomic E-state index is -0.333. The van der Waals surface area contributed by atoms with E-state index in [1.165, 1.54) is 6.07 Å². The molecule has 0 bridgehead atoms. The molecule has 1 aromatic carbocycles. The minimum Gasteiger partial charge on any atom is -0.385 e. The molecule has 2 atom stereocenters. The highest BCUT2D eigenvalue weighted by atomic mass is 19.1. The third-order valence-electron chi connectivity index (χ3n) is 3.53. The zero-order chi connectivity index (χ0) is 16.7. The summed E-state index contributed by atoms with van der Waals surface area (Å²) in [5, 5.41) is 15.0. The molecule has 2 aromatic rings. The van der Waals surface area contributed by atoms with E-state index in [1.54, 1.807) is 19.3 Å². The van der Waals surface area contributed by atoms with Crippen molar-refractivity contribution >= 4 is 6.08 Å². The van der Waals surface area contributed by atoms with Gasteiger partial charge in [0, 0.05) is 11.8 Å². The van der Waals surface area contributed by atoms with Crippen molar-refractivity contribution in [3.05, 3.63) is 60.2 Å². The molecule has 0 amide bonds. The van der Waals surface area contributed by atoms with Gasteiger partial charge in [0.25, 0.3) is 0 Å². The first kappa shape index (κ1) is 17.1. The lowest BCUT2D eigenvalue weighted by Gasteiger charge is -2.21. The van der Waals surface area contributed by atoms with E-state index < -0.39 is 0 Å². The molecule has 2 unspecified atom stereocenters. The standard InChI is InChI=1S/C17H21FN4O/c1-12(17(19-2)22-23)20-11-9-13-5-7-14(8-6-13)16-15(18)4-3-10-21-16/h3-12,17,19-20,22-23H,1-2H3. The van der Waals surface area contributed by atoms with Crippen molar-refractivity contribution in [1.82, 2.24) is 21.1 Å². The summed E-state index contributed by atoms with van der Waals surface area (Å²) in [6, 6.07) is 10.4. The lowest BCUT2D eigenvalue weighted by Crippen LogP contribution is -2.51. The van der Waals surface area contributed by atoms with Gasteiger partial charge in [-0.1, -0.05) is 24.3 Å². The van der Waals surface area contributed by atoms with Crippen LogP contribution in [-0.4, -0.2) is 29.4 Å². The van der Waals surface area contributed by atoms with E-state index in [1.807, 2.05) is 43.5 Å². The molecule has 6 heteroatoms. The highest BCUT2D eigenvalue weighted by Crippen LogP contribution is 2.20. The third kappa shape index (κ3) is 4.59. The number of pyridine rings is 1. The Bertz CT molecular complexity index is 641. The second kappa shape index (κ2) is 8.38. The molecule has 0 spiro atoms. The Morgan fingerprint density at radius 3 is 2.57 bits per heavy atom. The quantitative estimate of drug-likeness (QED) is 0.466. The Morgan fingerprint density at radius 2 is 1.96 bits per heavy atom. The van der Waals surface area contributed by atoms with Gasteiger partial charge in [-0.05, 0) is 43.9 Å². The molecule has 0 fully saturated rings. The van der Waals surface area contributed by atoms with Gasteiger partial charge >= 0.3 is 0 Å². The second-order valence-corrected chi connectivity index (χ2v) is 5.14. The molecule has 0 saturated carbocycles. The van der Waals surface area contributed by atoms with Crippen LogP contribution in [0.3, 0.4) is 0 Å². The first-order valence-corrected chi connectivity index (χ1v) is 7.36. The maximum Gasteiger partial charge on any atom is 0.149 e. The largest absolute Gasteiger partial charge is 0.385 e. The van der Waals surface area contributed by atoms with Gasteiger partial charge in [0.05, 0.1) is 6.04 Å². The van der Waals surface area contributed by atoms with Crippen LogP contribution < -0.4 is 16.1 Å². The Kier molecular flexibility index (Phi) is 6.22. The first-order valence-electron chi connectivity index (χ1n) is 7.36. The molecule has 2 rings (SSSR count). The van der Waals surface area contributed by atoms with Crippen LogP contribution in [0.15, 0.2) is 48.8 Å². The van der Waals surface area contributed by atoms with Gasteiger partial charge in [0.1, 0.15) is 17.7 Å².